The van der Waals surface area contributed by atoms with Crippen LogP contribution in [0.5, 0.6) is 0 Å². The Kier molecular flexibility index (Phi) is 5.51. The molecule has 2 atom stereocenters. The average molecular weight is 330 g/mol. The van der Waals surface area contributed by atoms with Crippen LogP contribution in [0.25, 0.3) is 0 Å². The Morgan fingerprint density at radius 3 is 2.57 bits per heavy atom. The van der Waals surface area contributed by atoms with Gasteiger partial charge in [0, 0.05) is 25.2 Å². The van der Waals surface area contributed by atoms with E-state index in [1.54, 1.807) is 29.2 Å². The number of urea groups is 1. The molecule has 4 nitrogen and oxygen atoms in total. The van der Waals surface area contributed by atoms with Crippen LogP contribution in [-0.4, -0.2) is 41.4 Å². The SMILES string of the molecule is CC1CCN(C(=O)Nc2ccc(CCC(F)(F)F)cc2)CC1O. The van der Waals surface area contributed by atoms with E-state index in [1.165, 1.54) is 0 Å². The first-order valence-electron chi connectivity index (χ1n) is 7.64. The molecule has 7 heteroatoms. The van der Waals surface area contributed by atoms with Crippen LogP contribution in [0.15, 0.2) is 24.3 Å². The lowest BCUT2D eigenvalue weighted by Crippen LogP contribution is -2.47. The van der Waals surface area contributed by atoms with E-state index in [-0.39, 0.29) is 24.9 Å². The van der Waals surface area contributed by atoms with Gasteiger partial charge in [0.2, 0.25) is 0 Å². The number of aryl methyl sites for hydroxylation is 1. The van der Waals surface area contributed by atoms with E-state index in [0.717, 1.165) is 6.42 Å². The zero-order chi connectivity index (χ0) is 17.0. The van der Waals surface area contributed by atoms with Gasteiger partial charge in [0.1, 0.15) is 0 Å². The number of nitrogens with zero attached hydrogens (tertiary/aromatic N) is 1. The molecule has 2 unspecified atom stereocenters. The number of anilines is 1. The quantitative estimate of drug-likeness (QED) is 0.892. The lowest BCUT2D eigenvalue weighted by molar-refractivity contribution is -0.133. The number of hydrogen-bond acceptors (Lipinski definition) is 2. The Hall–Kier alpha value is -1.76. The molecule has 2 N–H and O–H groups in total. The van der Waals surface area contributed by atoms with Crippen molar-refractivity contribution >= 4 is 11.7 Å². The number of alkyl halides is 3. The fourth-order valence-electron chi connectivity index (χ4n) is 2.48. The monoisotopic (exact) mass is 330 g/mol. The van der Waals surface area contributed by atoms with Gasteiger partial charge in [-0.3, -0.25) is 0 Å². The molecule has 1 aliphatic rings. The zero-order valence-corrected chi connectivity index (χ0v) is 12.9. The lowest BCUT2D eigenvalue weighted by Gasteiger charge is -2.34. The van der Waals surface area contributed by atoms with Gasteiger partial charge >= 0.3 is 12.2 Å². The molecule has 0 aliphatic carbocycles. The molecule has 0 aromatic heterocycles. The van der Waals surface area contributed by atoms with Crippen LogP contribution in [0.4, 0.5) is 23.7 Å². The summed E-state index contributed by atoms with van der Waals surface area (Å²) >= 11 is 0. The summed E-state index contributed by atoms with van der Waals surface area (Å²) in [6, 6.07) is 6.03. The Labute approximate surface area is 133 Å². The van der Waals surface area contributed by atoms with Crippen molar-refractivity contribution in [3.8, 4) is 0 Å². The van der Waals surface area contributed by atoms with Crippen molar-refractivity contribution < 1.29 is 23.1 Å². The predicted octanol–water partition coefficient (Wildman–Crippen LogP) is 3.42. The number of aliphatic hydroxyl groups excluding tert-OH is 1. The fraction of sp³-hybridized carbons (Fsp3) is 0.562. The van der Waals surface area contributed by atoms with E-state index in [2.05, 4.69) is 5.32 Å². The molecule has 128 valence electrons. The largest absolute Gasteiger partial charge is 0.391 e. The third-order valence-electron chi connectivity index (χ3n) is 4.11. The van der Waals surface area contributed by atoms with Crippen molar-refractivity contribution in [1.82, 2.24) is 4.90 Å². The number of carbonyl (C=O) groups excluding carboxylic acids is 1. The predicted molar refractivity (Wildman–Crippen MR) is 81.2 cm³/mol. The molecule has 0 spiro atoms. The summed E-state index contributed by atoms with van der Waals surface area (Å²) in [5.74, 6) is 0.173. The first-order chi connectivity index (χ1) is 10.7. The van der Waals surface area contributed by atoms with Crippen LogP contribution in [0, 0.1) is 5.92 Å². The summed E-state index contributed by atoms with van der Waals surface area (Å²) in [7, 11) is 0. The van der Waals surface area contributed by atoms with E-state index < -0.39 is 18.7 Å². The van der Waals surface area contributed by atoms with Crippen molar-refractivity contribution in [1.29, 1.82) is 0 Å². The van der Waals surface area contributed by atoms with Crippen molar-refractivity contribution in [3.05, 3.63) is 29.8 Å². The number of likely N-dealkylation sites (tertiary alicyclic amines) is 1. The molecule has 1 saturated heterocycles. The normalized spacial score (nSPS) is 22.0. The van der Waals surface area contributed by atoms with E-state index in [9.17, 15) is 23.1 Å². The molecule has 1 aromatic carbocycles. The van der Waals surface area contributed by atoms with Gasteiger partial charge < -0.3 is 15.3 Å². The molecule has 1 fully saturated rings. The number of amides is 2. The van der Waals surface area contributed by atoms with Gasteiger partial charge in [-0.1, -0.05) is 19.1 Å². The molecule has 1 aliphatic heterocycles. The summed E-state index contributed by atoms with van der Waals surface area (Å²) in [4.78, 5) is 13.7. The molecule has 23 heavy (non-hydrogen) atoms. The van der Waals surface area contributed by atoms with Crippen LogP contribution < -0.4 is 5.32 Å². The zero-order valence-electron chi connectivity index (χ0n) is 12.9. The first kappa shape index (κ1) is 17.6. The summed E-state index contributed by atoms with van der Waals surface area (Å²) in [5.41, 5.74) is 1.10. The highest BCUT2D eigenvalue weighted by molar-refractivity contribution is 5.89. The maximum Gasteiger partial charge on any atom is 0.389 e. The number of benzene rings is 1. The number of carbonyl (C=O) groups is 1. The Balaban J connectivity index is 1.87. The van der Waals surface area contributed by atoms with Gasteiger partial charge in [-0.05, 0) is 36.5 Å². The van der Waals surface area contributed by atoms with Gasteiger partial charge in [0.05, 0.1) is 6.10 Å². The number of hydrogen-bond donors (Lipinski definition) is 2. The summed E-state index contributed by atoms with van der Waals surface area (Å²) in [6.07, 6.45) is -4.89. The van der Waals surface area contributed by atoms with Crippen molar-refractivity contribution in [2.24, 2.45) is 5.92 Å². The maximum absolute atomic E-state index is 12.2. The van der Waals surface area contributed by atoms with Crippen LogP contribution in [-0.2, 0) is 6.42 Å². The van der Waals surface area contributed by atoms with Crippen LogP contribution >= 0.6 is 0 Å². The minimum absolute atomic E-state index is 0.0755. The van der Waals surface area contributed by atoms with Gasteiger partial charge in [0.25, 0.3) is 0 Å². The number of aliphatic hydroxyl groups is 1. The summed E-state index contributed by atoms with van der Waals surface area (Å²) in [5, 5.41) is 12.5. The van der Waals surface area contributed by atoms with Gasteiger partial charge in [0.15, 0.2) is 0 Å². The minimum atomic E-state index is -4.17. The molecule has 0 saturated carbocycles. The average Bonchev–Trinajstić information content (AvgIpc) is 2.48. The van der Waals surface area contributed by atoms with E-state index in [4.69, 9.17) is 0 Å². The second-order valence-corrected chi connectivity index (χ2v) is 6.02. The molecule has 0 radical (unpaired) electrons. The topological polar surface area (TPSA) is 52.6 Å². The smallest absolute Gasteiger partial charge is 0.389 e. The van der Waals surface area contributed by atoms with E-state index in [0.29, 0.717) is 17.8 Å². The molecular weight excluding hydrogens is 309 g/mol. The number of β-amino-alcohol motifs (C(OH)–C–C–N with tert-alkyl or cyclic N) is 1. The van der Waals surface area contributed by atoms with Gasteiger partial charge in [-0.25, -0.2) is 4.79 Å². The Morgan fingerprint density at radius 2 is 2.00 bits per heavy atom. The summed E-state index contributed by atoms with van der Waals surface area (Å²) in [6.45, 7) is 2.81. The van der Waals surface area contributed by atoms with Gasteiger partial charge in [-0.2, -0.15) is 13.2 Å². The van der Waals surface area contributed by atoms with Crippen molar-refractivity contribution in [2.75, 3.05) is 18.4 Å². The number of nitrogens with one attached hydrogen (secondary N) is 1. The highest BCUT2D eigenvalue weighted by atomic mass is 19.4. The van der Waals surface area contributed by atoms with Crippen molar-refractivity contribution in [2.45, 2.75) is 38.5 Å². The molecular formula is C16H21F3N2O2. The number of halogens is 3. The Morgan fingerprint density at radius 1 is 1.35 bits per heavy atom. The fourth-order valence-corrected chi connectivity index (χ4v) is 2.48. The minimum Gasteiger partial charge on any atom is -0.391 e. The third-order valence-corrected chi connectivity index (χ3v) is 4.11. The lowest BCUT2D eigenvalue weighted by atomic mass is 9.96. The summed E-state index contributed by atoms with van der Waals surface area (Å²) < 4.78 is 36.5. The standard InChI is InChI=1S/C16H21F3N2O2/c1-11-7-9-21(10-14(11)22)15(23)20-13-4-2-12(3-5-13)6-8-16(17,18)19/h2-5,11,14,22H,6-10H2,1H3,(H,20,23). The number of piperidine rings is 1. The number of rotatable bonds is 3. The van der Waals surface area contributed by atoms with Crippen LogP contribution in [0.2, 0.25) is 0 Å². The van der Waals surface area contributed by atoms with E-state index in [1.807, 2.05) is 6.92 Å². The second kappa shape index (κ2) is 7.21. The molecule has 0 bridgehead atoms. The molecule has 2 rings (SSSR count). The van der Waals surface area contributed by atoms with Crippen LogP contribution in [0.3, 0.4) is 0 Å². The molecule has 1 aromatic rings. The third kappa shape index (κ3) is 5.42. The molecule has 1 heterocycles. The maximum atomic E-state index is 12.2. The Bertz CT molecular complexity index is 531. The van der Waals surface area contributed by atoms with Crippen molar-refractivity contribution in [3.63, 3.8) is 0 Å². The van der Waals surface area contributed by atoms with E-state index >= 15 is 0 Å². The molecule has 2 amide bonds. The first-order valence-corrected chi connectivity index (χ1v) is 7.64. The van der Waals surface area contributed by atoms with Crippen LogP contribution in [0.1, 0.15) is 25.3 Å². The second-order valence-electron chi connectivity index (χ2n) is 6.02. The highest BCUT2D eigenvalue weighted by Gasteiger charge is 2.28. The van der Waals surface area contributed by atoms with Gasteiger partial charge in [-0.15, -0.1) is 0 Å². The highest BCUT2D eigenvalue weighted by Crippen LogP contribution is 2.23.